The Morgan fingerprint density at radius 3 is 2.32 bits per heavy atom. The summed E-state index contributed by atoms with van der Waals surface area (Å²) in [6.45, 7) is 2.92. The lowest BCUT2D eigenvalue weighted by molar-refractivity contribution is -0.384. The predicted molar refractivity (Wildman–Crippen MR) is 106 cm³/mol. The third-order valence-electron chi connectivity index (χ3n) is 4.38. The first kappa shape index (κ1) is 19.5. The van der Waals surface area contributed by atoms with Crippen molar-refractivity contribution in [1.82, 2.24) is 10.1 Å². The predicted octanol–water partition coefficient (Wildman–Crippen LogP) is 5.66. The number of hydrogen-bond donors (Lipinski definition) is 0. The zero-order valence-corrected chi connectivity index (χ0v) is 15.8. The van der Waals surface area contributed by atoms with E-state index in [1.165, 1.54) is 37.8 Å². The van der Waals surface area contributed by atoms with Crippen molar-refractivity contribution in [2.75, 3.05) is 6.61 Å². The van der Waals surface area contributed by atoms with E-state index >= 15 is 0 Å². The molecule has 0 aliphatic heterocycles. The van der Waals surface area contributed by atoms with Gasteiger partial charge < -0.3 is 9.26 Å². The normalized spacial score (nSPS) is 10.8. The van der Waals surface area contributed by atoms with Crippen LogP contribution in [-0.4, -0.2) is 21.7 Å². The molecule has 1 aromatic heterocycles. The van der Waals surface area contributed by atoms with Crippen molar-refractivity contribution in [2.24, 2.45) is 0 Å². The molecule has 0 amide bonds. The van der Waals surface area contributed by atoms with Crippen LogP contribution in [0.15, 0.2) is 53.1 Å². The van der Waals surface area contributed by atoms with E-state index in [0.717, 1.165) is 17.7 Å². The number of unbranched alkanes of at least 4 members (excludes halogenated alkanes) is 4. The van der Waals surface area contributed by atoms with Crippen LogP contribution < -0.4 is 4.74 Å². The Kier molecular flexibility index (Phi) is 6.73. The van der Waals surface area contributed by atoms with Crippen molar-refractivity contribution in [2.45, 2.75) is 39.0 Å². The van der Waals surface area contributed by atoms with E-state index in [9.17, 15) is 10.1 Å². The number of aromatic nitrogens is 2. The second kappa shape index (κ2) is 9.64. The third-order valence-corrected chi connectivity index (χ3v) is 4.38. The lowest BCUT2D eigenvalue weighted by atomic mass is 10.2. The Labute approximate surface area is 163 Å². The van der Waals surface area contributed by atoms with Crippen molar-refractivity contribution < 1.29 is 14.2 Å². The number of benzene rings is 2. The number of nitrogens with zero attached hydrogens (tertiary/aromatic N) is 3. The summed E-state index contributed by atoms with van der Waals surface area (Å²) in [5.41, 5.74) is 1.47. The van der Waals surface area contributed by atoms with Crippen LogP contribution in [0.3, 0.4) is 0 Å². The van der Waals surface area contributed by atoms with Crippen LogP contribution >= 0.6 is 0 Å². The Hall–Kier alpha value is -3.22. The van der Waals surface area contributed by atoms with E-state index in [-0.39, 0.29) is 5.69 Å². The highest BCUT2D eigenvalue weighted by atomic mass is 16.6. The van der Waals surface area contributed by atoms with Crippen LogP contribution in [0, 0.1) is 10.1 Å². The molecule has 0 spiro atoms. The van der Waals surface area contributed by atoms with E-state index in [4.69, 9.17) is 9.26 Å². The molecule has 3 aromatic rings. The molecule has 0 bridgehead atoms. The highest BCUT2D eigenvalue weighted by molar-refractivity contribution is 5.61. The molecular formula is C21H23N3O4. The van der Waals surface area contributed by atoms with Gasteiger partial charge in [0.25, 0.3) is 11.6 Å². The molecule has 0 aliphatic rings. The summed E-state index contributed by atoms with van der Waals surface area (Å²) in [6, 6.07) is 13.6. The Bertz CT molecular complexity index is 889. The van der Waals surface area contributed by atoms with Gasteiger partial charge in [-0.15, -0.1) is 0 Å². The molecule has 7 heteroatoms. The zero-order chi connectivity index (χ0) is 19.8. The van der Waals surface area contributed by atoms with Crippen LogP contribution in [-0.2, 0) is 0 Å². The maximum absolute atomic E-state index is 10.7. The molecule has 0 N–H and O–H groups in total. The number of hydrogen-bond acceptors (Lipinski definition) is 6. The molecule has 3 rings (SSSR count). The van der Waals surface area contributed by atoms with E-state index in [1.807, 2.05) is 24.3 Å². The summed E-state index contributed by atoms with van der Waals surface area (Å²) in [5.74, 6) is 1.59. The number of non-ortho nitro benzene ring substituents is 1. The smallest absolute Gasteiger partial charge is 0.269 e. The molecule has 2 aromatic carbocycles. The highest BCUT2D eigenvalue weighted by Gasteiger charge is 2.12. The quantitative estimate of drug-likeness (QED) is 0.256. The molecule has 146 valence electrons. The van der Waals surface area contributed by atoms with Gasteiger partial charge in [-0.3, -0.25) is 10.1 Å². The molecule has 0 atom stereocenters. The second-order valence-electron chi connectivity index (χ2n) is 6.51. The second-order valence-corrected chi connectivity index (χ2v) is 6.51. The van der Waals surface area contributed by atoms with E-state index in [1.54, 1.807) is 12.1 Å². The number of ether oxygens (including phenoxy) is 1. The van der Waals surface area contributed by atoms with Gasteiger partial charge in [-0.2, -0.15) is 4.98 Å². The molecule has 0 saturated carbocycles. The fraction of sp³-hybridized carbons (Fsp3) is 0.333. The molecular weight excluding hydrogens is 358 g/mol. The molecule has 7 nitrogen and oxygen atoms in total. The molecule has 28 heavy (non-hydrogen) atoms. The van der Waals surface area contributed by atoms with Crippen LogP contribution in [0.1, 0.15) is 39.0 Å². The third kappa shape index (κ3) is 5.16. The Morgan fingerprint density at radius 2 is 1.64 bits per heavy atom. The van der Waals surface area contributed by atoms with Crippen LogP contribution in [0.5, 0.6) is 5.75 Å². The summed E-state index contributed by atoms with van der Waals surface area (Å²) < 4.78 is 11.1. The van der Waals surface area contributed by atoms with Crippen molar-refractivity contribution in [3.05, 3.63) is 58.6 Å². The van der Waals surface area contributed by atoms with Gasteiger partial charge >= 0.3 is 0 Å². The number of nitro benzene ring substituents is 1. The summed E-state index contributed by atoms with van der Waals surface area (Å²) in [6.07, 6.45) is 6.03. The van der Waals surface area contributed by atoms with Gasteiger partial charge in [0.05, 0.1) is 11.5 Å². The lowest BCUT2D eigenvalue weighted by Crippen LogP contribution is -1.97. The minimum Gasteiger partial charge on any atom is -0.494 e. The summed E-state index contributed by atoms with van der Waals surface area (Å²) in [5, 5.41) is 14.7. The Balaban J connectivity index is 1.58. The van der Waals surface area contributed by atoms with Crippen LogP contribution in [0.2, 0.25) is 0 Å². The average molecular weight is 381 g/mol. The highest BCUT2D eigenvalue weighted by Crippen LogP contribution is 2.25. The average Bonchev–Trinajstić information content (AvgIpc) is 3.21. The standard InChI is InChI=1S/C21H23N3O4/c1-2-3-4-5-6-15-27-19-13-9-17(10-14-19)21-22-20(23-28-21)16-7-11-18(12-8-16)24(25)26/h7-14H,2-6,15H2,1H3. The fourth-order valence-electron chi connectivity index (χ4n) is 2.78. The first-order valence-corrected chi connectivity index (χ1v) is 9.49. The van der Waals surface area contributed by atoms with Gasteiger partial charge in [0.2, 0.25) is 5.82 Å². The molecule has 0 aliphatic carbocycles. The van der Waals surface area contributed by atoms with Crippen molar-refractivity contribution in [3.63, 3.8) is 0 Å². The van der Waals surface area contributed by atoms with Gasteiger partial charge in [0.15, 0.2) is 0 Å². The van der Waals surface area contributed by atoms with E-state index in [2.05, 4.69) is 17.1 Å². The number of rotatable bonds is 10. The molecule has 0 unspecified atom stereocenters. The Morgan fingerprint density at radius 1 is 0.964 bits per heavy atom. The van der Waals surface area contributed by atoms with Crippen molar-refractivity contribution in [1.29, 1.82) is 0 Å². The number of nitro groups is 1. The maximum atomic E-state index is 10.7. The summed E-state index contributed by atoms with van der Waals surface area (Å²) in [4.78, 5) is 14.7. The van der Waals surface area contributed by atoms with E-state index in [0.29, 0.717) is 23.9 Å². The first-order chi connectivity index (χ1) is 13.7. The van der Waals surface area contributed by atoms with Gasteiger partial charge in [0, 0.05) is 23.3 Å². The lowest BCUT2D eigenvalue weighted by Gasteiger charge is -2.06. The molecule has 0 saturated heterocycles. The fourth-order valence-corrected chi connectivity index (χ4v) is 2.78. The van der Waals surface area contributed by atoms with Gasteiger partial charge in [-0.05, 0) is 42.8 Å². The summed E-state index contributed by atoms with van der Waals surface area (Å²) >= 11 is 0. The minimum absolute atomic E-state index is 0.0217. The van der Waals surface area contributed by atoms with Gasteiger partial charge in [0.1, 0.15) is 5.75 Å². The van der Waals surface area contributed by atoms with Crippen LogP contribution in [0.25, 0.3) is 22.8 Å². The van der Waals surface area contributed by atoms with Crippen molar-refractivity contribution in [3.8, 4) is 28.6 Å². The molecule has 1 heterocycles. The maximum Gasteiger partial charge on any atom is 0.269 e. The molecule has 0 radical (unpaired) electrons. The van der Waals surface area contributed by atoms with Gasteiger partial charge in [-0.1, -0.05) is 37.8 Å². The topological polar surface area (TPSA) is 91.3 Å². The van der Waals surface area contributed by atoms with Gasteiger partial charge in [-0.25, -0.2) is 0 Å². The SMILES string of the molecule is CCCCCCCOc1ccc(-c2nc(-c3ccc([N+](=O)[O-])cc3)no2)cc1. The zero-order valence-electron chi connectivity index (χ0n) is 15.8. The first-order valence-electron chi connectivity index (χ1n) is 9.49. The van der Waals surface area contributed by atoms with E-state index < -0.39 is 4.92 Å². The summed E-state index contributed by atoms with van der Waals surface area (Å²) in [7, 11) is 0. The monoisotopic (exact) mass is 381 g/mol. The van der Waals surface area contributed by atoms with Crippen molar-refractivity contribution >= 4 is 5.69 Å². The minimum atomic E-state index is -0.444. The molecule has 0 fully saturated rings. The van der Waals surface area contributed by atoms with Crippen LogP contribution in [0.4, 0.5) is 5.69 Å². The largest absolute Gasteiger partial charge is 0.494 e.